The van der Waals surface area contributed by atoms with Crippen LogP contribution in [0.15, 0.2) is 35.2 Å². The fourth-order valence-electron chi connectivity index (χ4n) is 1.68. The van der Waals surface area contributed by atoms with E-state index >= 15 is 0 Å². The second-order valence-electron chi connectivity index (χ2n) is 4.47. The highest BCUT2D eigenvalue weighted by atomic mass is 32.2. The van der Waals surface area contributed by atoms with E-state index in [1.165, 1.54) is 16.7 Å². The normalized spacial score (nSPS) is 10.4. The van der Waals surface area contributed by atoms with E-state index in [0.717, 1.165) is 5.75 Å². The molecule has 1 aromatic carbocycles. The number of hydrogen-bond donors (Lipinski definition) is 3. The number of carbonyl (C=O) groups is 1. The van der Waals surface area contributed by atoms with E-state index in [1.807, 2.05) is 18.2 Å². The van der Waals surface area contributed by atoms with Crippen LogP contribution in [0.3, 0.4) is 0 Å². The first-order valence-electron chi connectivity index (χ1n) is 6.91. The molecular weight excluding hydrogens is 332 g/mol. The highest BCUT2D eigenvalue weighted by molar-refractivity contribution is 7.99. The van der Waals surface area contributed by atoms with E-state index in [4.69, 9.17) is 11.5 Å². The molecule has 5 N–H and O–H groups in total. The van der Waals surface area contributed by atoms with Gasteiger partial charge in [-0.2, -0.15) is 15.0 Å². The topological polar surface area (TPSA) is 120 Å². The fraction of sp³-hybridized carbons (Fsp3) is 0.286. The molecule has 2 rings (SSSR count). The monoisotopic (exact) mass is 350 g/mol. The number of anilines is 2. The largest absolute Gasteiger partial charge is 0.368 e. The molecule has 122 valence electrons. The number of nitrogens with two attached hydrogens (primary N) is 2. The molecular formula is C14H18N6OS2. The number of rotatable bonds is 8. The number of amides is 1. The minimum absolute atomic E-state index is 0.0151. The molecule has 23 heavy (non-hydrogen) atoms. The first-order valence-corrected chi connectivity index (χ1v) is 9.05. The number of nitrogens with one attached hydrogen (secondary N) is 1. The van der Waals surface area contributed by atoms with Crippen molar-refractivity contribution in [1.82, 2.24) is 20.3 Å². The number of carbonyl (C=O) groups excluding carboxylic acids is 1. The van der Waals surface area contributed by atoms with Crippen LogP contribution in [0.5, 0.6) is 0 Å². The third kappa shape index (κ3) is 6.74. The highest BCUT2D eigenvalue weighted by Crippen LogP contribution is 2.15. The number of hydrogen-bond acceptors (Lipinski definition) is 8. The Morgan fingerprint density at radius 1 is 1.09 bits per heavy atom. The first kappa shape index (κ1) is 17.4. The van der Waals surface area contributed by atoms with Crippen molar-refractivity contribution in [2.45, 2.75) is 10.6 Å². The second-order valence-corrected chi connectivity index (χ2v) is 6.63. The highest BCUT2D eigenvalue weighted by Gasteiger charge is 2.05. The average Bonchev–Trinajstić information content (AvgIpc) is 2.52. The summed E-state index contributed by atoms with van der Waals surface area (Å²) in [5.74, 6) is 2.28. The molecule has 0 aliphatic carbocycles. The molecule has 1 amide bonds. The van der Waals surface area contributed by atoms with E-state index in [2.05, 4.69) is 32.4 Å². The molecule has 0 aliphatic rings. The zero-order chi connectivity index (χ0) is 16.5. The van der Waals surface area contributed by atoms with Crippen LogP contribution in [0.4, 0.5) is 11.9 Å². The average molecular weight is 350 g/mol. The van der Waals surface area contributed by atoms with Crippen LogP contribution in [-0.2, 0) is 10.5 Å². The third-order valence-electron chi connectivity index (χ3n) is 2.62. The predicted octanol–water partition coefficient (Wildman–Crippen LogP) is 1.18. The van der Waals surface area contributed by atoms with Crippen molar-refractivity contribution in [3.63, 3.8) is 0 Å². The lowest BCUT2D eigenvalue weighted by atomic mass is 10.4. The van der Waals surface area contributed by atoms with Crippen LogP contribution in [0.1, 0.15) is 5.82 Å². The summed E-state index contributed by atoms with van der Waals surface area (Å²) in [5.41, 5.74) is 11.0. The van der Waals surface area contributed by atoms with Crippen molar-refractivity contribution in [1.29, 1.82) is 0 Å². The van der Waals surface area contributed by atoms with E-state index < -0.39 is 0 Å². The van der Waals surface area contributed by atoms with Gasteiger partial charge in [0.05, 0.1) is 11.5 Å². The van der Waals surface area contributed by atoms with Crippen molar-refractivity contribution in [3.05, 3.63) is 36.2 Å². The van der Waals surface area contributed by atoms with Crippen molar-refractivity contribution in [2.75, 3.05) is 29.5 Å². The Hall–Kier alpha value is -2.00. The number of benzene rings is 1. The maximum Gasteiger partial charge on any atom is 0.230 e. The Balaban J connectivity index is 1.60. The van der Waals surface area contributed by atoms with Crippen LogP contribution in [-0.4, -0.2) is 38.9 Å². The molecule has 0 radical (unpaired) electrons. The Kier molecular flexibility index (Phi) is 6.95. The lowest BCUT2D eigenvalue weighted by molar-refractivity contribution is -0.118. The van der Waals surface area contributed by atoms with Gasteiger partial charge in [0.15, 0.2) is 0 Å². The van der Waals surface area contributed by atoms with Gasteiger partial charge in [0.2, 0.25) is 17.8 Å². The van der Waals surface area contributed by atoms with Gasteiger partial charge >= 0.3 is 0 Å². The molecule has 0 saturated carbocycles. The second kappa shape index (κ2) is 9.21. The summed E-state index contributed by atoms with van der Waals surface area (Å²) in [6.45, 7) is 0.630. The maximum atomic E-state index is 11.7. The third-order valence-corrected chi connectivity index (χ3v) is 4.56. The SMILES string of the molecule is Nc1nc(N)nc(CSCC(=O)NCCSc2ccccc2)n1. The molecule has 0 bridgehead atoms. The van der Waals surface area contributed by atoms with E-state index in [9.17, 15) is 4.79 Å². The number of aromatic nitrogens is 3. The molecule has 1 heterocycles. The molecule has 0 unspecified atom stereocenters. The summed E-state index contributed by atoms with van der Waals surface area (Å²) >= 11 is 3.11. The predicted molar refractivity (Wildman–Crippen MR) is 95.0 cm³/mol. The molecule has 0 saturated heterocycles. The Morgan fingerprint density at radius 2 is 1.78 bits per heavy atom. The van der Waals surface area contributed by atoms with Crippen molar-refractivity contribution >= 4 is 41.3 Å². The van der Waals surface area contributed by atoms with Crippen LogP contribution in [0.2, 0.25) is 0 Å². The zero-order valence-electron chi connectivity index (χ0n) is 12.4. The molecule has 7 nitrogen and oxygen atoms in total. The van der Waals surface area contributed by atoms with Gasteiger partial charge in [0, 0.05) is 17.2 Å². The summed E-state index contributed by atoms with van der Waals surface area (Å²) in [6, 6.07) is 10.1. The van der Waals surface area contributed by atoms with E-state index in [0.29, 0.717) is 23.9 Å². The molecule has 0 aliphatic heterocycles. The van der Waals surface area contributed by atoms with Crippen molar-refractivity contribution < 1.29 is 4.79 Å². The summed E-state index contributed by atoms with van der Waals surface area (Å²) in [6.07, 6.45) is 0. The number of thioether (sulfide) groups is 2. The first-order chi connectivity index (χ1) is 11.1. The molecule has 0 spiro atoms. The standard InChI is InChI=1S/C14H18N6OS2/c15-13-18-11(19-14(16)20-13)8-22-9-12(21)17-6-7-23-10-4-2-1-3-5-10/h1-5H,6-9H2,(H,17,21)(H4,15,16,18,19,20). The molecule has 1 aromatic heterocycles. The summed E-state index contributed by atoms with van der Waals surface area (Å²) in [7, 11) is 0. The van der Waals surface area contributed by atoms with Crippen molar-refractivity contribution in [3.8, 4) is 0 Å². The minimum atomic E-state index is -0.0151. The Morgan fingerprint density at radius 3 is 2.48 bits per heavy atom. The lowest BCUT2D eigenvalue weighted by Crippen LogP contribution is -2.27. The van der Waals surface area contributed by atoms with Crippen LogP contribution < -0.4 is 16.8 Å². The lowest BCUT2D eigenvalue weighted by Gasteiger charge is -2.05. The van der Waals surface area contributed by atoms with Crippen molar-refractivity contribution in [2.24, 2.45) is 0 Å². The quantitative estimate of drug-likeness (QED) is 0.479. The van der Waals surface area contributed by atoms with E-state index in [1.54, 1.807) is 11.8 Å². The van der Waals surface area contributed by atoms with Gasteiger partial charge in [0.25, 0.3) is 0 Å². The van der Waals surface area contributed by atoms with Gasteiger partial charge in [-0.1, -0.05) is 18.2 Å². The fourth-order valence-corrected chi connectivity index (χ4v) is 3.17. The van der Waals surface area contributed by atoms with Crippen LogP contribution in [0, 0.1) is 0 Å². The molecule has 0 fully saturated rings. The van der Waals surface area contributed by atoms with Gasteiger partial charge in [0.1, 0.15) is 5.82 Å². The van der Waals surface area contributed by atoms with Gasteiger partial charge in [-0.25, -0.2) is 0 Å². The van der Waals surface area contributed by atoms with Gasteiger partial charge in [-0.05, 0) is 12.1 Å². The van der Waals surface area contributed by atoms with Gasteiger partial charge in [-0.15, -0.1) is 23.5 Å². The summed E-state index contributed by atoms with van der Waals surface area (Å²) in [4.78, 5) is 24.5. The number of nitrogen functional groups attached to an aromatic ring is 2. The van der Waals surface area contributed by atoms with Crippen LogP contribution in [0.25, 0.3) is 0 Å². The molecule has 9 heteroatoms. The van der Waals surface area contributed by atoms with E-state index in [-0.39, 0.29) is 17.8 Å². The Bertz CT molecular complexity index is 620. The van der Waals surface area contributed by atoms with Gasteiger partial charge in [-0.3, -0.25) is 4.79 Å². The maximum absolute atomic E-state index is 11.7. The van der Waals surface area contributed by atoms with Gasteiger partial charge < -0.3 is 16.8 Å². The smallest absolute Gasteiger partial charge is 0.230 e. The zero-order valence-corrected chi connectivity index (χ0v) is 14.1. The summed E-state index contributed by atoms with van der Waals surface area (Å²) in [5, 5.41) is 2.88. The molecule has 0 atom stereocenters. The molecule has 2 aromatic rings. The Labute approximate surface area is 143 Å². The minimum Gasteiger partial charge on any atom is -0.368 e. The summed E-state index contributed by atoms with van der Waals surface area (Å²) < 4.78 is 0. The number of nitrogens with zero attached hydrogens (tertiary/aromatic N) is 3. The van der Waals surface area contributed by atoms with Crippen LogP contribution >= 0.6 is 23.5 Å².